The maximum Gasteiger partial charge on any atom is 0.417 e. The first-order chi connectivity index (χ1) is 27.4. The number of nitrogens with zero attached hydrogens (tertiary/aromatic N) is 6. The average molecular weight is 798 g/mol. The van der Waals surface area contributed by atoms with Crippen LogP contribution in [-0.2, 0) is 35.8 Å². The molecule has 0 atom stereocenters. The minimum atomic E-state index is -5.14. The Morgan fingerprint density at radius 1 is 0.737 bits per heavy atom. The molecule has 0 amide bonds. The smallest absolute Gasteiger partial charge is 0.417 e. The van der Waals surface area contributed by atoms with Crippen LogP contribution >= 0.6 is 0 Å². The van der Waals surface area contributed by atoms with E-state index in [4.69, 9.17) is 14.2 Å². The molecule has 0 saturated carbocycles. The predicted molar refractivity (Wildman–Crippen MR) is 203 cm³/mol. The molecule has 0 fully saturated rings. The Kier molecular flexibility index (Phi) is 10.8. The lowest BCUT2D eigenvalue weighted by Crippen LogP contribution is -2.32. The SMILES string of the molecule is COc1ccc(CN(Cc2ccc(OC)cc2)S(=O)(=O)c2c(C(F)(F)F)ccc(-c3cccc4c[n+](O)ccc34)c2-c2nnn(Cc3ccc(OC)cc3)n2)cc1. The third kappa shape index (κ3) is 8.22. The quantitative estimate of drug-likeness (QED) is 0.0953. The monoisotopic (exact) mass is 797 g/mol. The zero-order valence-corrected chi connectivity index (χ0v) is 31.7. The van der Waals surface area contributed by atoms with Gasteiger partial charge in [0, 0.05) is 29.3 Å². The van der Waals surface area contributed by atoms with Gasteiger partial charge in [-0.2, -0.15) is 22.3 Å². The van der Waals surface area contributed by atoms with Crippen molar-refractivity contribution in [1.82, 2.24) is 24.5 Å². The van der Waals surface area contributed by atoms with Crippen LogP contribution in [0.5, 0.6) is 17.2 Å². The third-order valence-electron chi connectivity index (χ3n) is 9.35. The number of ether oxygens (including phenoxy) is 3. The minimum absolute atomic E-state index is 0.0687. The second-order valence-corrected chi connectivity index (χ2v) is 14.8. The molecular weight excluding hydrogens is 762 g/mol. The highest BCUT2D eigenvalue weighted by Crippen LogP contribution is 2.46. The number of sulfonamides is 1. The van der Waals surface area contributed by atoms with E-state index in [1.807, 2.05) is 0 Å². The number of hydrogen-bond acceptors (Lipinski definition) is 9. The molecule has 0 radical (unpaired) electrons. The van der Waals surface area contributed by atoms with Crippen LogP contribution in [0.15, 0.2) is 126 Å². The number of hydrogen-bond donors (Lipinski definition) is 1. The summed E-state index contributed by atoms with van der Waals surface area (Å²) in [5.74, 6) is 1.30. The molecule has 0 aliphatic heterocycles. The number of benzene rings is 5. The molecule has 12 nitrogen and oxygen atoms in total. The maximum atomic E-state index is 15.3. The fourth-order valence-electron chi connectivity index (χ4n) is 6.50. The van der Waals surface area contributed by atoms with E-state index in [0.717, 1.165) is 20.7 Å². The van der Waals surface area contributed by atoms with Gasteiger partial charge < -0.3 is 14.2 Å². The number of tetrazole rings is 1. The van der Waals surface area contributed by atoms with E-state index in [2.05, 4.69) is 15.4 Å². The minimum Gasteiger partial charge on any atom is -0.497 e. The molecular formula is C41H36F3N6O6S+. The van der Waals surface area contributed by atoms with Gasteiger partial charge in [-0.25, -0.2) is 8.42 Å². The highest BCUT2D eigenvalue weighted by atomic mass is 32.2. The maximum absolute atomic E-state index is 15.3. The van der Waals surface area contributed by atoms with Crippen LogP contribution < -0.4 is 18.9 Å². The summed E-state index contributed by atoms with van der Waals surface area (Å²) in [6, 6.07) is 28.7. The van der Waals surface area contributed by atoms with Gasteiger partial charge in [-0.15, -0.1) is 10.2 Å². The summed E-state index contributed by atoms with van der Waals surface area (Å²) >= 11 is 0. The molecule has 16 heteroatoms. The standard InChI is InChI=1S/C41H36F3N6O6S/c1-54-31-13-7-27(8-14-31)23-49(24-28-9-15-32(55-2)16-10-28)57(52,53)39-37(41(42,43)44)20-19-36(35-6-4-5-30-26-48(51)22-21-34(30)35)38(39)40-45-47-50(46-40)25-29-11-17-33(56-3)18-12-29/h4-22,26,51H,23-25H2,1-3H3/q+1. The van der Waals surface area contributed by atoms with Crippen LogP contribution in [-0.4, -0.2) is 59.5 Å². The molecule has 0 bridgehead atoms. The Bertz CT molecular complexity index is 2590. The van der Waals surface area contributed by atoms with Gasteiger partial charge in [0.05, 0.1) is 44.4 Å². The topological polar surface area (TPSA) is 133 Å². The van der Waals surface area contributed by atoms with Crippen molar-refractivity contribution in [1.29, 1.82) is 0 Å². The molecule has 0 spiro atoms. The second kappa shape index (κ2) is 15.9. The Labute approximate surface area is 325 Å². The third-order valence-corrected chi connectivity index (χ3v) is 11.2. The van der Waals surface area contributed by atoms with Crippen LogP contribution in [0.2, 0.25) is 0 Å². The Balaban J connectivity index is 1.48. The summed E-state index contributed by atoms with van der Waals surface area (Å²) in [6.45, 7) is -0.539. The van der Waals surface area contributed by atoms with Gasteiger partial charge in [-0.3, -0.25) is 5.21 Å². The summed E-state index contributed by atoms with van der Waals surface area (Å²) in [5.41, 5.74) is 0.387. The van der Waals surface area contributed by atoms with Gasteiger partial charge in [0.15, 0.2) is 0 Å². The van der Waals surface area contributed by atoms with Crippen LogP contribution in [0.4, 0.5) is 13.2 Å². The molecule has 57 heavy (non-hydrogen) atoms. The highest BCUT2D eigenvalue weighted by molar-refractivity contribution is 7.89. The predicted octanol–water partition coefficient (Wildman–Crippen LogP) is 7.17. The van der Waals surface area contributed by atoms with Crippen molar-refractivity contribution >= 4 is 20.8 Å². The molecule has 1 N–H and O–H groups in total. The molecule has 7 aromatic rings. The summed E-state index contributed by atoms with van der Waals surface area (Å²) in [7, 11) is -0.586. The van der Waals surface area contributed by atoms with E-state index < -0.39 is 32.2 Å². The molecule has 0 aliphatic carbocycles. The van der Waals surface area contributed by atoms with Crippen molar-refractivity contribution in [2.24, 2.45) is 0 Å². The van der Waals surface area contributed by atoms with Crippen molar-refractivity contribution in [3.05, 3.63) is 144 Å². The van der Waals surface area contributed by atoms with Gasteiger partial charge in [0.25, 0.3) is 0 Å². The first-order valence-corrected chi connectivity index (χ1v) is 18.9. The first-order valence-electron chi connectivity index (χ1n) is 17.4. The average Bonchev–Trinajstić information content (AvgIpc) is 3.68. The number of aromatic nitrogens is 5. The van der Waals surface area contributed by atoms with Crippen molar-refractivity contribution in [3.8, 4) is 39.8 Å². The van der Waals surface area contributed by atoms with Gasteiger partial charge >= 0.3 is 6.18 Å². The van der Waals surface area contributed by atoms with Crippen molar-refractivity contribution in [2.45, 2.75) is 30.7 Å². The van der Waals surface area contributed by atoms with Crippen molar-refractivity contribution in [2.75, 3.05) is 21.3 Å². The highest BCUT2D eigenvalue weighted by Gasteiger charge is 2.43. The number of fused-ring (bicyclic) bond motifs is 1. The Hall–Kier alpha value is -6.52. The molecule has 0 aliphatic rings. The summed E-state index contributed by atoms with van der Waals surface area (Å²) in [4.78, 5) is 0.144. The van der Waals surface area contributed by atoms with Gasteiger partial charge in [0.1, 0.15) is 22.1 Å². The normalized spacial score (nSPS) is 11.9. The number of halogens is 3. The van der Waals surface area contributed by atoms with Crippen LogP contribution in [0.3, 0.4) is 0 Å². The molecule has 2 heterocycles. The van der Waals surface area contributed by atoms with E-state index in [9.17, 15) is 5.21 Å². The fourth-order valence-corrected chi connectivity index (χ4v) is 8.32. The molecule has 5 aromatic carbocycles. The number of methoxy groups -OCH3 is 3. The first kappa shape index (κ1) is 38.7. The van der Waals surface area contributed by atoms with Crippen molar-refractivity contribution in [3.63, 3.8) is 0 Å². The van der Waals surface area contributed by atoms with Gasteiger partial charge in [0.2, 0.25) is 28.2 Å². The number of rotatable bonds is 13. The van der Waals surface area contributed by atoms with Crippen LogP contribution in [0.1, 0.15) is 22.3 Å². The lowest BCUT2D eigenvalue weighted by atomic mass is 9.93. The zero-order chi connectivity index (χ0) is 40.3. The zero-order valence-electron chi connectivity index (χ0n) is 30.9. The molecule has 7 rings (SSSR count). The van der Waals surface area contributed by atoms with Crippen LogP contribution in [0.25, 0.3) is 33.3 Å². The summed E-state index contributed by atoms with van der Waals surface area (Å²) in [5, 5.41) is 24.1. The number of alkyl halides is 3. The van der Waals surface area contributed by atoms with Crippen LogP contribution in [0, 0.1) is 0 Å². The fraction of sp³-hybridized carbons (Fsp3) is 0.171. The van der Waals surface area contributed by atoms with E-state index in [1.165, 1.54) is 44.6 Å². The molecule has 292 valence electrons. The largest absolute Gasteiger partial charge is 0.497 e. The van der Waals surface area contributed by atoms with E-state index >= 15 is 21.6 Å². The van der Waals surface area contributed by atoms with Gasteiger partial charge in [-0.1, -0.05) is 54.6 Å². The lowest BCUT2D eigenvalue weighted by Gasteiger charge is -2.27. The summed E-state index contributed by atoms with van der Waals surface area (Å²) in [6.07, 6.45) is -2.35. The van der Waals surface area contributed by atoms with Gasteiger partial charge in [-0.05, 0) is 81.6 Å². The van der Waals surface area contributed by atoms with E-state index in [-0.39, 0.29) is 31.0 Å². The Morgan fingerprint density at radius 2 is 1.30 bits per heavy atom. The molecule has 2 aromatic heterocycles. The van der Waals surface area contributed by atoms with Crippen molar-refractivity contribution < 1.29 is 45.7 Å². The van der Waals surface area contributed by atoms with E-state index in [0.29, 0.717) is 44.7 Å². The Morgan fingerprint density at radius 3 is 1.84 bits per heavy atom. The summed E-state index contributed by atoms with van der Waals surface area (Å²) < 4.78 is 94.3. The molecule has 0 saturated heterocycles. The lowest BCUT2D eigenvalue weighted by molar-refractivity contribution is -0.903. The number of pyridine rings is 1. The van der Waals surface area contributed by atoms with E-state index in [1.54, 1.807) is 97.1 Å². The molecule has 0 unspecified atom stereocenters. The second-order valence-electron chi connectivity index (χ2n) is 13.0.